The molecular weight excluding hydrogens is 374 g/mol. The van der Waals surface area contributed by atoms with E-state index in [1.165, 1.54) is 0 Å². The number of benzene rings is 1. The van der Waals surface area contributed by atoms with Gasteiger partial charge in [-0.1, -0.05) is 24.3 Å². The lowest BCUT2D eigenvalue weighted by Crippen LogP contribution is -1.99. The van der Waals surface area contributed by atoms with Gasteiger partial charge in [0.05, 0.1) is 18.9 Å². The van der Waals surface area contributed by atoms with Crippen LogP contribution in [0.2, 0.25) is 0 Å². The van der Waals surface area contributed by atoms with Crippen molar-refractivity contribution in [2.24, 2.45) is 7.05 Å². The van der Waals surface area contributed by atoms with Gasteiger partial charge in [0.25, 0.3) is 0 Å². The Balaban J connectivity index is 1.36. The molecule has 0 saturated carbocycles. The average molecular weight is 393 g/mol. The highest BCUT2D eigenvalue weighted by Gasteiger charge is 2.08. The van der Waals surface area contributed by atoms with E-state index in [9.17, 15) is 0 Å². The van der Waals surface area contributed by atoms with Gasteiger partial charge in [0.2, 0.25) is 0 Å². The first-order valence-electron chi connectivity index (χ1n) is 9.58. The summed E-state index contributed by atoms with van der Waals surface area (Å²) in [5, 5.41) is 8.68. The molecule has 0 fully saturated rings. The van der Waals surface area contributed by atoms with Crippen LogP contribution in [0, 0.1) is 0 Å². The van der Waals surface area contributed by atoms with Crippen LogP contribution in [-0.4, -0.2) is 34.5 Å². The molecule has 5 aromatic rings. The molecule has 4 heterocycles. The SMILES string of the molecule is Cn1cc(-c2cccc(-c3ncc(-c4cnn(Cc5cccnc5)c4)cn3)c2)cn1. The van der Waals surface area contributed by atoms with Crippen LogP contribution in [0.5, 0.6) is 0 Å². The fourth-order valence-electron chi connectivity index (χ4n) is 3.31. The minimum Gasteiger partial charge on any atom is -0.275 e. The van der Waals surface area contributed by atoms with Gasteiger partial charge in [-0.3, -0.25) is 14.3 Å². The molecule has 7 nitrogen and oxygen atoms in total. The zero-order valence-corrected chi connectivity index (χ0v) is 16.4. The molecule has 0 atom stereocenters. The minimum absolute atomic E-state index is 0.675. The Morgan fingerprint density at radius 1 is 0.733 bits per heavy atom. The van der Waals surface area contributed by atoms with E-state index in [-0.39, 0.29) is 0 Å². The Bertz CT molecular complexity index is 1270. The van der Waals surface area contributed by atoms with Gasteiger partial charge in [0.15, 0.2) is 5.82 Å². The van der Waals surface area contributed by atoms with E-state index in [4.69, 9.17) is 0 Å². The van der Waals surface area contributed by atoms with Gasteiger partial charge in [-0.15, -0.1) is 0 Å². The second kappa shape index (κ2) is 7.71. The molecule has 0 bridgehead atoms. The number of hydrogen-bond acceptors (Lipinski definition) is 5. The molecule has 0 saturated heterocycles. The van der Waals surface area contributed by atoms with E-state index in [1.54, 1.807) is 10.9 Å². The molecule has 0 unspecified atom stereocenters. The van der Waals surface area contributed by atoms with Gasteiger partial charge >= 0.3 is 0 Å². The number of aromatic nitrogens is 7. The van der Waals surface area contributed by atoms with Crippen LogP contribution in [0.4, 0.5) is 0 Å². The Morgan fingerprint density at radius 2 is 1.53 bits per heavy atom. The summed E-state index contributed by atoms with van der Waals surface area (Å²) < 4.78 is 3.68. The highest BCUT2D eigenvalue weighted by molar-refractivity contribution is 5.70. The summed E-state index contributed by atoms with van der Waals surface area (Å²) in [5.41, 5.74) is 6.14. The normalized spacial score (nSPS) is 11.0. The standard InChI is InChI=1S/C23H19N7/c1-29-15-21(12-27-29)18-5-2-6-19(8-18)23-25-10-20(11-26-23)22-13-28-30(16-22)14-17-4-3-7-24-9-17/h2-13,15-16H,14H2,1H3. The van der Waals surface area contributed by atoms with Gasteiger partial charge in [-0.05, 0) is 23.3 Å². The Labute approximate surface area is 173 Å². The van der Waals surface area contributed by atoms with Crippen molar-refractivity contribution >= 4 is 0 Å². The number of aryl methyl sites for hydroxylation is 1. The summed E-state index contributed by atoms with van der Waals surface area (Å²) in [6.45, 7) is 0.675. The average Bonchev–Trinajstić information content (AvgIpc) is 3.44. The first-order chi connectivity index (χ1) is 14.7. The van der Waals surface area contributed by atoms with Gasteiger partial charge in [-0.2, -0.15) is 10.2 Å². The number of pyridine rings is 1. The molecule has 0 aliphatic rings. The van der Waals surface area contributed by atoms with E-state index >= 15 is 0 Å². The zero-order chi connectivity index (χ0) is 20.3. The molecule has 7 heteroatoms. The maximum Gasteiger partial charge on any atom is 0.159 e. The van der Waals surface area contributed by atoms with Crippen molar-refractivity contribution in [1.29, 1.82) is 0 Å². The highest BCUT2D eigenvalue weighted by Crippen LogP contribution is 2.25. The van der Waals surface area contributed by atoms with E-state index < -0.39 is 0 Å². The quantitative estimate of drug-likeness (QED) is 0.453. The van der Waals surface area contributed by atoms with E-state index in [2.05, 4.69) is 37.3 Å². The number of rotatable bonds is 5. The van der Waals surface area contributed by atoms with Gasteiger partial charge in [0, 0.05) is 66.5 Å². The summed E-state index contributed by atoms with van der Waals surface area (Å²) in [7, 11) is 1.91. The maximum atomic E-state index is 4.58. The fourth-order valence-corrected chi connectivity index (χ4v) is 3.31. The molecule has 4 aromatic heterocycles. The molecule has 0 amide bonds. The Hall–Kier alpha value is -4.13. The van der Waals surface area contributed by atoms with Crippen molar-refractivity contribution in [3.05, 3.63) is 91.5 Å². The van der Waals surface area contributed by atoms with E-state index in [0.29, 0.717) is 12.4 Å². The van der Waals surface area contributed by atoms with Crippen molar-refractivity contribution in [2.45, 2.75) is 6.54 Å². The van der Waals surface area contributed by atoms with Gasteiger partial charge < -0.3 is 0 Å². The van der Waals surface area contributed by atoms with E-state index in [1.807, 2.05) is 79.4 Å². The third kappa shape index (κ3) is 3.73. The molecule has 0 N–H and O–H groups in total. The smallest absolute Gasteiger partial charge is 0.159 e. The van der Waals surface area contributed by atoms with Crippen LogP contribution < -0.4 is 0 Å². The van der Waals surface area contributed by atoms with Crippen molar-refractivity contribution in [1.82, 2.24) is 34.5 Å². The lowest BCUT2D eigenvalue weighted by Gasteiger charge is -2.04. The third-order valence-corrected chi connectivity index (χ3v) is 4.84. The molecule has 1 aromatic carbocycles. The summed E-state index contributed by atoms with van der Waals surface area (Å²) in [6, 6.07) is 12.1. The van der Waals surface area contributed by atoms with Gasteiger partial charge in [0.1, 0.15) is 0 Å². The van der Waals surface area contributed by atoms with Crippen molar-refractivity contribution in [2.75, 3.05) is 0 Å². The predicted molar refractivity (Wildman–Crippen MR) is 114 cm³/mol. The molecular formula is C23H19N7. The molecule has 0 radical (unpaired) electrons. The second-order valence-corrected chi connectivity index (χ2v) is 7.07. The minimum atomic E-state index is 0.675. The lowest BCUT2D eigenvalue weighted by molar-refractivity contribution is 0.685. The summed E-state index contributed by atoms with van der Waals surface area (Å²) in [4.78, 5) is 13.3. The van der Waals surface area contributed by atoms with E-state index in [0.717, 1.165) is 33.4 Å². The summed E-state index contributed by atoms with van der Waals surface area (Å²) in [6.07, 6.45) is 15.0. The molecule has 0 aliphatic heterocycles. The zero-order valence-electron chi connectivity index (χ0n) is 16.4. The van der Waals surface area contributed by atoms with Crippen LogP contribution in [0.3, 0.4) is 0 Å². The molecule has 30 heavy (non-hydrogen) atoms. The largest absolute Gasteiger partial charge is 0.275 e. The third-order valence-electron chi connectivity index (χ3n) is 4.84. The predicted octanol–water partition coefficient (Wildman–Crippen LogP) is 3.85. The Morgan fingerprint density at radius 3 is 2.30 bits per heavy atom. The number of nitrogens with zero attached hydrogens (tertiary/aromatic N) is 7. The second-order valence-electron chi connectivity index (χ2n) is 7.07. The first kappa shape index (κ1) is 17.9. The monoisotopic (exact) mass is 393 g/mol. The van der Waals surface area contributed by atoms with Crippen LogP contribution in [0.1, 0.15) is 5.56 Å². The first-order valence-corrected chi connectivity index (χ1v) is 9.58. The van der Waals surface area contributed by atoms with Crippen molar-refractivity contribution in [3.8, 4) is 33.6 Å². The summed E-state index contributed by atoms with van der Waals surface area (Å²) >= 11 is 0. The molecule has 0 aliphatic carbocycles. The molecule has 5 rings (SSSR count). The summed E-state index contributed by atoms with van der Waals surface area (Å²) in [5.74, 6) is 0.687. The highest BCUT2D eigenvalue weighted by atomic mass is 15.3. The van der Waals surface area contributed by atoms with Crippen LogP contribution in [-0.2, 0) is 13.6 Å². The number of hydrogen-bond donors (Lipinski definition) is 0. The van der Waals surface area contributed by atoms with Crippen molar-refractivity contribution < 1.29 is 0 Å². The molecule has 0 spiro atoms. The van der Waals surface area contributed by atoms with Crippen LogP contribution in [0.15, 0.2) is 86.0 Å². The lowest BCUT2D eigenvalue weighted by atomic mass is 10.1. The van der Waals surface area contributed by atoms with Crippen LogP contribution in [0.25, 0.3) is 33.6 Å². The van der Waals surface area contributed by atoms with Crippen molar-refractivity contribution in [3.63, 3.8) is 0 Å². The van der Waals surface area contributed by atoms with Crippen LogP contribution >= 0.6 is 0 Å². The van der Waals surface area contributed by atoms with Gasteiger partial charge in [-0.25, -0.2) is 9.97 Å². The molecule has 146 valence electrons. The maximum absolute atomic E-state index is 4.58. The Kier molecular flexibility index (Phi) is 4.61. The fraction of sp³-hybridized carbons (Fsp3) is 0.0870. The topological polar surface area (TPSA) is 74.3 Å².